The van der Waals surface area contributed by atoms with Crippen LogP contribution in [0.5, 0.6) is 0 Å². The first-order valence-electron chi connectivity index (χ1n) is 7.52. The molecule has 2 saturated heterocycles. The van der Waals surface area contributed by atoms with E-state index in [0.717, 1.165) is 4.90 Å². The molecule has 0 aromatic carbocycles. The first-order chi connectivity index (χ1) is 11.8. The number of alkyl halides is 1. The standard InChI is InChI=1S/C12H17FN5O5PS/c1-7(2)22-24(25)20-6-12(16-17-14)9(23-24)8(13)10(21-12)18-5-3-4-15-11(18)19/h3,5,7-10H,4,6H2,1-2H3,(H,15,19)/t8-,9+,10-,12?,24?/m1/s1. The number of fused-ring (bicyclic) bond motifs is 1. The van der Waals surface area contributed by atoms with E-state index >= 15 is 4.39 Å². The molecule has 0 radical (unpaired) electrons. The molecule has 3 rings (SSSR count). The van der Waals surface area contributed by atoms with Crippen molar-refractivity contribution in [3.63, 3.8) is 0 Å². The number of azide groups is 1. The van der Waals surface area contributed by atoms with Crippen molar-refractivity contribution < 1.29 is 27.5 Å². The van der Waals surface area contributed by atoms with Gasteiger partial charge in [-0.3, -0.25) is 9.42 Å². The molecule has 3 aliphatic heterocycles. The van der Waals surface area contributed by atoms with Gasteiger partial charge in [0.25, 0.3) is 0 Å². The average molecular weight is 393 g/mol. The van der Waals surface area contributed by atoms with Gasteiger partial charge in [-0.15, -0.1) is 0 Å². The Morgan fingerprint density at radius 2 is 2.44 bits per heavy atom. The molecule has 13 heteroatoms. The smallest absolute Gasteiger partial charge is 0.328 e. The Morgan fingerprint density at radius 3 is 3.08 bits per heavy atom. The number of amides is 2. The molecule has 25 heavy (non-hydrogen) atoms. The fourth-order valence-electron chi connectivity index (χ4n) is 2.72. The zero-order valence-electron chi connectivity index (χ0n) is 13.4. The van der Waals surface area contributed by atoms with Crippen molar-refractivity contribution in [3.05, 3.63) is 22.7 Å². The predicted octanol–water partition coefficient (Wildman–Crippen LogP) is 2.29. The third-order valence-electron chi connectivity index (χ3n) is 3.70. The molecule has 0 aromatic rings. The Morgan fingerprint density at radius 1 is 1.68 bits per heavy atom. The monoisotopic (exact) mass is 393 g/mol. The number of hydrogen-bond donors (Lipinski definition) is 1. The summed E-state index contributed by atoms with van der Waals surface area (Å²) in [6.07, 6.45) is -1.79. The van der Waals surface area contributed by atoms with Gasteiger partial charge in [-0.2, -0.15) is 0 Å². The van der Waals surface area contributed by atoms with E-state index in [4.69, 9.17) is 35.6 Å². The molecule has 0 aromatic heterocycles. The van der Waals surface area contributed by atoms with Crippen molar-refractivity contribution in [1.82, 2.24) is 10.2 Å². The van der Waals surface area contributed by atoms with Crippen LogP contribution < -0.4 is 5.32 Å². The first kappa shape index (κ1) is 18.5. The molecule has 5 atom stereocenters. The number of carbonyl (C=O) groups is 1. The van der Waals surface area contributed by atoms with Crippen LogP contribution in [0, 0.1) is 0 Å². The second kappa shape index (κ2) is 6.81. The van der Waals surface area contributed by atoms with Gasteiger partial charge in [-0.05, 0) is 37.3 Å². The van der Waals surface area contributed by atoms with E-state index < -0.39 is 37.0 Å². The van der Waals surface area contributed by atoms with E-state index in [1.807, 2.05) is 0 Å². The SMILES string of the molecule is CC(C)OP1(=S)OCC2(N=[N+]=[N-])O[C@@H](N3C=CCNC3=O)[C@H](F)[C@@H]2O1. The molecule has 0 aliphatic carbocycles. The minimum atomic E-state index is -3.23. The van der Waals surface area contributed by atoms with E-state index in [2.05, 4.69) is 15.3 Å². The van der Waals surface area contributed by atoms with E-state index in [0.29, 0.717) is 6.54 Å². The first-order valence-corrected chi connectivity index (χ1v) is 10.1. The van der Waals surface area contributed by atoms with Crippen LogP contribution in [0.1, 0.15) is 13.8 Å². The van der Waals surface area contributed by atoms with Crippen LogP contribution in [0.3, 0.4) is 0 Å². The number of ether oxygens (including phenoxy) is 1. The fraction of sp³-hybridized carbons (Fsp3) is 0.750. The summed E-state index contributed by atoms with van der Waals surface area (Å²) in [6, 6.07) is -0.538. The summed E-state index contributed by atoms with van der Waals surface area (Å²) in [7, 11) is 0. The molecular formula is C12H17FN5O5PS. The minimum Gasteiger partial charge on any atom is -0.337 e. The van der Waals surface area contributed by atoms with Crippen molar-refractivity contribution in [1.29, 1.82) is 0 Å². The number of hydrogen-bond acceptors (Lipinski definition) is 7. The van der Waals surface area contributed by atoms with E-state index in [-0.39, 0.29) is 12.7 Å². The minimum absolute atomic E-state index is 0.301. The maximum atomic E-state index is 15.1. The molecule has 138 valence electrons. The lowest BCUT2D eigenvalue weighted by atomic mass is 10.1. The lowest BCUT2D eigenvalue weighted by Gasteiger charge is -2.39. The number of halogens is 1. The molecule has 3 heterocycles. The molecule has 3 aliphatic rings. The third-order valence-corrected chi connectivity index (χ3v) is 6.15. The van der Waals surface area contributed by atoms with Gasteiger partial charge < -0.3 is 19.1 Å². The zero-order valence-corrected chi connectivity index (χ0v) is 15.2. The van der Waals surface area contributed by atoms with Crippen LogP contribution in [0.25, 0.3) is 10.4 Å². The molecule has 2 unspecified atom stereocenters. The van der Waals surface area contributed by atoms with Crippen molar-refractivity contribution in [2.24, 2.45) is 5.11 Å². The van der Waals surface area contributed by atoms with E-state index in [1.54, 1.807) is 19.9 Å². The Bertz CT molecular complexity index is 689. The van der Waals surface area contributed by atoms with Crippen LogP contribution >= 0.6 is 6.72 Å². The van der Waals surface area contributed by atoms with Gasteiger partial charge in [-0.1, -0.05) is 5.11 Å². The highest BCUT2D eigenvalue weighted by atomic mass is 32.5. The van der Waals surface area contributed by atoms with Crippen molar-refractivity contribution in [2.45, 2.75) is 44.2 Å². The third kappa shape index (κ3) is 3.39. The summed E-state index contributed by atoms with van der Waals surface area (Å²) in [6.45, 7) is 0.234. The van der Waals surface area contributed by atoms with Gasteiger partial charge in [0.15, 0.2) is 12.4 Å². The fourth-order valence-corrected chi connectivity index (χ4v) is 5.26. The number of nitrogens with one attached hydrogen (secondary N) is 1. The normalized spacial score (nSPS) is 40.6. The van der Waals surface area contributed by atoms with Crippen LogP contribution in [-0.4, -0.2) is 54.4 Å². The number of carbonyl (C=O) groups excluding carboxylic acids is 1. The van der Waals surface area contributed by atoms with Crippen molar-refractivity contribution in [2.75, 3.05) is 13.2 Å². The highest BCUT2D eigenvalue weighted by Crippen LogP contribution is 2.60. The lowest BCUT2D eigenvalue weighted by Crippen LogP contribution is -2.49. The number of urea groups is 1. The summed E-state index contributed by atoms with van der Waals surface area (Å²) >= 11 is 5.24. The second-order valence-corrected chi connectivity index (χ2v) is 8.78. The summed E-state index contributed by atoms with van der Waals surface area (Å²) < 4.78 is 37.2. The van der Waals surface area contributed by atoms with Crippen molar-refractivity contribution in [3.8, 4) is 0 Å². The second-order valence-electron chi connectivity index (χ2n) is 5.87. The molecular weight excluding hydrogens is 376 g/mol. The van der Waals surface area contributed by atoms with Gasteiger partial charge in [-0.25, -0.2) is 9.18 Å². The topological polar surface area (TPSA) is 118 Å². The van der Waals surface area contributed by atoms with Gasteiger partial charge in [0, 0.05) is 17.7 Å². The number of rotatable bonds is 4. The Hall–Kier alpha value is -1.26. The van der Waals surface area contributed by atoms with Crippen LogP contribution in [0.2, 0.25) is 0 Å². The molecule has 0 bridgehead atoms. The Labute approximate surface area is 148 Å². The highest BCUT2D eigenvalue weighted by molar-refractivity contribution is 8.07. The van der Waals surface area contributed by atoms with Gasteiger partial charge in [0.1, 0.15) is 6.10 Å². The maximum Gasteiger partial charge on any atom is 0.328 e. The number of nitrogens with zero attached hydrogens (tertiary/aromatic N) is 4. The molecule has 1 N–H and O–H groups in total. The molecule has 2 amide bonds. The predicted molar refractivity (Wildman–Crippen MR) is 87.4 cm³/mol. The Kier molecular flexibility index (Phi) is 5.04. The average Bonchev–Trinajstić information content (AvgIpc) is 2.81. The zero-order chi connectivity index (χ0) is 18.2. The largest absolute Gasteiger partial charge is 0.337 e. The molecule has 10 nitrogen and oxygen atoms in total. The molecule has 2 fully saturated rings. The molecule has 0 saturated carbocycles. The Balaban J connectivity index is 1.91. The van der Waals surface area contributed by atoms with Crippen LogP contribution in [0.15, 0.2) is 17.4 Å². The van der Waals surface area contributed by atoms with Gasteiger partial charge in [0.05, 0.1) is 12.7 Å². The quantitative estimate of drug-likeness (QED) is 0.339. The summed E-state index contributed by atoms with van der Waals surface area (Å²) in [4.78, 5) is 15.7. The van der Waals surface area contributed by atoms with Gasteiger partial charge >= 0.3 is 12.7 Å². The maximum absolute atomic E-state index is 15.1. The summed E-state index contributed by atoms with van der Waals surface area (Å²) in [5.74, 6) is 0. The highest BCUT2D eigenvalue weighted by Gasteiger charge is 2.63. The van der Waals surface area contributed by atoms with E-state index in [1.165, 1.54) is 6.20 Å². The van der Waals surface area contributed by atoms with Gasteiger partial charge in [0.2, 0.25) is 5.72 Å². The lowest BCUT2D eigenvalue weighted by molar-refractivity contribution is -0.140. The summed E-state index contributed by atoms with van der Waals surface area (Å²) in [5.41, 5.74) is 7.09. The van der Waals surface area contributed by atoms with E-state index in [9.17, 15) is 4.79 Å². The summed E-state index contributed by atoms with van der Waals surface area (Å²) in [5, 5.41) is 6.08. The molecule has 0 spiro atoms. The van der Waals surface area contributed by atoms with Crippen LogP contribution in [-0.2, 0) is 30.1 Å². The van der Waals surface area contributed by atoms with Crippen molar-refractivity contribution >= 4 is 24.6 Å². The van der Waals surface area contributed by atoms with Crippen LogP contribution in [0.4, 0.5) is 9.18 Å².